The van der Waals surface area contributed by atoms with E-state index in [0.29, 0.717) is 23.6 Å². The van der Waals surface area contributed by atoms with E-state index in [1.54, 1.807) is 18.2 Å². The molecule has 0 bridgehead atoms. The van der Waals surface area contributed by atoms with Gasteiger partial charge in [-0.25, -0.2) is 0 Å². The predicted octanol–water partition coefficient (Wildman–Crippen LogP) is 1.49. The Morgan fingerprint density at radius 1 is 1.15 bits per heavy atom. The molecule has 2 amide bonds. The third-order valence-electron chi connectivity index (χ3n) is 4.50. The number of carbonyl (C=O) groups excluding carboxylic acids is 2. The van der Waals surface area contributed by atoms with Crippen molar-refractivity contribution in [3.8, 4) is 11.5 Å². The molecule has 1 aliphatic heterocycles. The van der Waals surface area contributed by atoms with Gasteiger partial charge in [0, 0.05) is 24.7 Å². The number of nitrogens with one attached hydrogen (secondary N) is 3. The highest BCUT2D eigenvalue weighted by atomic mass is 16.5. The van der Waals surface area contributed by atoms with Crippen molar-refractivity contribution < 1.29 is 19.1 Å². The maximum absolute atomic E-state index is 12.7. The van der Waals surface area contributed by atoms with Crippen LogP contribution in [0.4, 0.5) is 0 Å². The van der Waals surface area contributed by atoms with Crippen molar-refractivity contribution in [3.63, 3.8) is 0 Å². The van der Waals surface area contributed by atoms with Crippen molar-refractivity contribution in [2.45, 2.75) is 26.3 Å². The van der Waals surface area contributed by atoms with E-state index in [0.717, 1.165) is 19.5 Å². The molecule has 1 heterocycles. The summed E-state index contributed by atoms with van der Waals surface area (Å²) in [5.74, 6) is 0.448. The third-order valence-corrected chi connectivity index (χ3v) is 4.50. The molecule has 0 saturated heterocycles. The fourth-order valence-electron chi connectivity index (χ4n) is 2.84. The number of ether oxygens (including phenoxy) is 2. The second kappa shape index (κ2) is 9.97. The fraction of sp³-hybridized carbons (Fsp3) is 0.500. The second-order valence-corrected chi connectivity index (χ2v) is 6.83. The van der Waals surface area contributed by atoms with Gasteiger partial charge in [-0.3, -0.25) is 9.59 Å². The van der Waals surface area contributed by atoms with Crippen LogP contribution in [0, 0.1) is 5.92 Å². The minimum absolute atomic E-state index is 0.0524. The molecule has 3 N–H and O–H groups in total. The van der Waals surface area contributed by atoms with Gasteiger partial charge in [0.2, 0.25) is 5.91 Å². The predicted molar refractivity (Wildman–Crippen MR) is 104 cm³/mol. The average molecular weight is 375 g/mol. The number of carbonyl (C=O) groups is 2. The highest BCUT2D eigenvalue weighted by molar-refractivity contribution is 5.98. The van der Waals surface area contributed by atoms with Crippen LogP contribution < -0.4 is 25.4 Å². The highest BCUT2D eigenvalue weighted by Crippen LogP contribution is 2.22. The molecule has 0 spiro atoms. The molecule has 7 heteroatoms. The van der Waals surface area contributed by atoms with Gasteiger partial charge in [0.1, 0.15) is 17.5 Å². The van der Waals surface area contributed by atoms with Gasteiger partial charge in [0.15, 0.2) is 0 Å². The van der Waals surface area contributed by atoms with E-state index in [9.17, 15) is 9.59 Å². The quantitative estimate of drug-likeness (QED) is 0.599. The van der Waals surface area contributed by atoms with E-state index < -0.39 is 6.04 Å². The zero-order valence-corrected chi connectivity index (χ0v) is 16.4. The zero-order chi connectivity index (χ0) is 19.8. The van der Waals surface area contributed by atoms with Crippen molar-refractivity contribution in [3.05, 3.63) is 35.4 Å². The maximum Gasteiger partial charge on any atom is 0.252 e. The second-order valence-electron chi connectivity index (χ2n) is 6.83. The smallest absolute Gasteiger partial charge is 0.252 e. The molecule has 148 valence electrons. The number of hydrogen-bond donors (Lipinski definition) is 3. The molecule has 0 saturated carbocycles. The van der Waals surface area contributed by atoms with Crippen molar-refractivity contribution in [2.24, 2.45) is 5.92 Å². The first kappa shape index (κ1) is 20.8. The first-order valence-electron chi connectivity index (χ1n) is 9.15. The zero-order valence-electron chi connectivity index (χ0n) is 16.4. The minimum atomic E-state index is -0.628. The summed E-state index contributed by atoms with van der Waals surface area (Å²) in [5, 5.41) is 9.01. The summed E-state index contributed by atoms with van der Waals surface area (Å²) in [6, 6.07) is 4.30. The molecule has 27 heavy (non-hydrogen) atoms. The van der Waals surface area contributed by atoms with Crippen molar-refractivity contribution in [1.29, 1.82) is 0 Å². The highest BCUT2D eigenvalue weighted by Gasteiger charge is 2.25. The van der Waals surface area contributed by atoms with Crippen LogP contribution in [0.1, 0.15) is 30.6 Å². The topological polar surface area (TPSA) is 88.7 Å². The summed E-state index contributed by atoms with van der Waals surface area (Å²) < 4.78 is 10.4. The lowest BCUT2D eigenvalue weighted by Crippen LogP contribution is -2.50. The van der Waals surface area contributed by atoms with Gasteiger partial charge in [-0.2, -0.15) is 0 Å². The van der Waals surface area contributed by atoms with Gasteiger partial charge < -0.3 is 25.4 Å². The van der Waals surface area contributed by atoms with E-state index in [-0.39, 0.29) is 17.7 Å². The van der Waals surface area contributed by atoms with E-state index in [1.165, 1.54) is 19.8 Å². The van der Waals surface area contributed by atoms with Crippen LogP contribution in [0.15, 0.2) is 29.8 Å². The molecule has 1 atom stereocenters. The largest absolute Gasteiger partial charge is 0.497 e. The Labute approximate surface area is 160 Å². The van der Waals surface area contributed by atoms with Crippen LogP contribution in [0.2, 0.25) is 0 Å². The van der Waals surface area contributed by atoms with Crippen molar-refractivity contribution in [1.82, 2.24) is 16.0 Å². The number of rotatable bonds is 8. The fourth-order valence-corrected chi connectivity index (χ4v) is 2.84. The van der Waals surface area contributed by atoms with Crippen LogP contribution in [0.3, 0.4) is 0 Å². The summed E-state index contributed by atoms with van der Waals surface area (Å²) in [6.45, 7) is 6.06. The number of benzene rings is 1. The van der Waals surface area contributed by atoms with Crippen LogP contribution in [-0.4, -0.2) is 51.7 Å². The van der Waals surface area contributed by atoms with Gasteiger partial charge in [0.25, 0.3) is 5.91 Å². The van der Waals surface area contributed by atoms with E-state index in [1.807, 2.05) is 13.8 Å². The first-order chi connectivity index (χ1) is 12.9. The SMILES string of the molecule is COc1cc(OC)cc(C(=O)NC(C(=O)NCC2=CCNCC2)C(C)C)c1. The summed E-state index contributed by atoms with van der Waals surface area (Å²) in [4.78, 5) is 25.3. The molecular weight excluding hydrogens is 346 g/mol. The van der Waals surface area contributed by atoms with E-state index in [2.05, 4.69) is 22.0 Å². The number of hydrogen-bond acceptors (Lipinski definition) is 5. The molecule has 0 aliphatic carbocycles. The molecule has 0 aromatic heterocycles. The molecule has 1 unspecified atom stereocenters. The Morgan fingerprint density at radius 2 is 1.81 bits per heavy atom. The summed E-state index contributed by atoms with van der Waals surface area (Å²) in [7, 11) is 3.05. The van der Waals surface area contributed by atoms with Gasteiger partial charge >= 0.3 is 0 Å². The molecule has 2 rings (SSSR count). The Hall–Kier alpha value is -2.54. The molecule has 0 radical (unpaired) electrons. The van der Waals surface area contributed by atoms with Crippen LogP contribution in [0.5, 0.6) is 11.5 Å². The summed E-state index contributed by atoms with van der Waals surface area (Å²) >= 11 is 0. The van der Waals surface area contributed by atoms with Gasteiger partial charge in [-0.05, 0) is 31.0 Å². The average Bonchev–Trinajstić information content (AvgIpc) is 2.70. The van der Waals surface area contributed by atoms with E-state index in [4.69, 9.17) is 9.47 Å². The lowest BCUT2D eigenvalue weighted by atomic mass is 10.0. The Kier molecular flexibility index (Phi) is 7.67. The lowest BCUT2D eigenvalue weighted by Gasteiger charge is -2.23. The monoisotopic (exact) mass is 375 g/mol. The Bertz CT molecular complexity index is 678. The van der Waals surface area contributed by atoms with Gasteiger partial charge in [-0.15, -0.1) is 0 Å². The molecule has 1 aliphatic rings. The molecule has 7 nitrogen and oxygen atoms in total. The lowest BCUT2D eigenvalue weighted by molar-refractivity contribution is -0.123. The molecule has 1 aromatic carbocycles. The van der Waals surface area contributed by atoms with Crippen LogP contribution in [0.25, 0.3) is 0 Å². The summed E-state index contributed by atoms with van der Waals surface area (Å²) in [5.41, 5.74) is 1.58. The molecular formula is C20H29N3O4. The molecule has 1 aromatic rings. The number of methoxy groups -OCH3 is 2. The first-order valence-corrected chi connectivity index (χ1v) is 9.15. The van der Waals surface area contributed by atoms with E-state index >= 15 is 0 Å². The van der Waals surface area contributed by atoms with Crippen molar-refractivity contribution >= 4 is 11.8 Å². The molecule has 0 fully saturated rings. The summed E-state index contributed by atoms with van der Waals surface area (Å²) in [6.07, 6.45) is 3.01. The van der Waals surface area contributed by atoms with Crippen LogP contribution >= 0.6 is 0 Å². The minimum Gasteiger partial charge on any atom is -0.497 e. The Morgan fingerprint density at radius 3 is 2.33 bits per heavy atom. The van der Waals surface area contributed by atoms with Crippen LogP contribution in [-0.2, 0) is 4.79 Å². The number of amides is 2. The maximum atomic E-state index is 12.7. The standard InChI is InChI=1S/C20H29N3O4/c1-13(2)18(20(25)22-12-14-5-7-21-8-6-14)23-19(24)15-9-16(26-3)11-17(10-15)27-4/h5,9-11,13,18,21H,6-8,12H2,1-4H3,(H,22,25)(H,23,24). The van der Waals surface area contributed by atoms with Crippen molar-refractivity contribution in [2.75, 3.05) is 33.9 Å². The van der Waals surface area contributed by atoms with Gasteiger partial charge in [0.05, 0.1) is 14.2 Å². The third kappa shape index (κ3) is 5.99. The Balaban J connectivity index is 2.05. The normalized spacial score (nSPS) is 14.9. The van der Waals surface area contributed by atoms with Gasteiger partial charge in [-0.1, -0.05) is 25.5 Å².